The second-order valence-electron chi connectivity index (χ2n) is 8.89. The van der Waals surface area contributed by atoms with Crippen molar-refractivity contribution in [1.82, 2.24) is 0 Å². The molecule has 25 heavy (non-hydrogen) atoms. The summed E-state index contributed by atoms with van der Waals surface area (Å²) in [6.07, 6.45) is 14.3. The Labute approximate surface area is 152 Å². The van der Waals surface area contributed by atoms with Crippen LogP contribution in [0.25, 0.3) is 0 Å². The molecule has 4 fully saturated rings. The van der Waals surface area contributed by atoms with Gasteiger partial charge in [-0.05, 0) is 75.0 Å². The summed E-state index contributed by atoms with van der Waals surface area (Å²) in [5, 5.41) is 0. The maximum absolute atomic E-state index is 6.21. The van der Waals surface area contributed by atoms with Crippen LogP contribution in [0.2, 0.25) is 0 Å². The molecule has 2 saturated heterocycles. The van der Waals surface area contributed by atoms with Crippen molar-refractivity contribution in [3.8, 4) is 0 Å². The van der Waals surface area contributed by atoms with Crippen molar-refractivity contribution in [3.63, 3.8) is 0 Å². The largest absolute Gasteiger partial charge is 0.375 e. The Morgan fingerprint density at radius 3 is 1.36 bits per heavy atom. The molecule has 0 radical (unpaired) electrons. The van der Waals surface area contributed by atoms with Gasteiger partial charge in [0, 0.05) is 0 Å². The summed E-state index contributed by atoms with van der Waals surface area (Å²) >= 11 is 0. The van der Waals surface area contributed by atoms with Crippen molar-refractivity contribution in [1.29, 1.82) is 0 Å². The van der Waals surface area contributed by atoms with Crippen molar-refractivity contribution >= 4 is 0 Å². The van der Waals surface area contributed by atoms with E-state index in [9.17, 15) is 0 Å². The van der Waals surface area contributed by atoms with Gasteiger partial charge in [-0.15, -0.1) is 13.2 Å². The molecule has 2 atom stereocenters. The monoisotopic (exact) mass is 346 g/mol. The molecule has 3 heteroatoms. The van der Waals surface area contributed by atoms with Gasteiger partial charge in [-0.3, -0.25) is 0 Å². The van der Waals surface area contributed by atoms with E-state index >= 15 is 0 Å². The Balaban J connectivity index is 1.23. The van der Waals surface area contributed by atoms with Gasteiger partial charge >= 0.3 is 0 Å². The first-order valence-electron chi connectivity index (χ1n) is 10.3. The van der Waals surface area contributed by atoms with Gasteiger partial charge in [-0.1, -0.05) is 12.2 Å². The predicted octanol–water partition coefficient (Wildman–Crippen LogP) is 4.53. The summed E-state index contributed by atoms with van der Waals surface area (Å²) in [5.74, 6) is 2.76. The number of allylic oxidation sites excluding steroid dienone is 2. The maximum Gasteiger partial charge on any atom is 0.118 e. The van der Waals surface area contributed by atoms with Gasteiger partial charge in [0.2, 0.25) is 0 Å². The molecule has 3 nitrogen and oxygen atoms in total. The lowest BCUT2D eigenvalue weighted by atomic mass is 9.75. The van der Waals surface area contributed by atoms with Crippen molar-refractivity contribution in [2.45, 2.75) is 62.6 Å². The molecule has 2 saturated carbocycles. The minimum atomic E-state index is 0.0166. The van der Waals surface area contributed by atoms with Crippen LogP contribution in [0.3, 0.4) is 0 Å². The number of rotatable bonds is 8. The van der Waals surface area contributed by atoms with Crippen molar-refractivity contribution in [2.24, 2.45) is 23.7 Å². The second-order valence-corrected chi connectivity index (χ2v) is 8.89. The van der Waals surface area contributed by atoms with Crippen LogP contribution in [0.4, 0.5) is 0 Å². The van der Waals surface area contributed by atoms with Gasteiger partial charge in [-0.25, -0.2) is 0 Å². The molecule has 0 aromatic carbocycles. The fourth-order valence-electron chi connectivity index (χ4n) is 5.22. The summed E-state index contributed by atoms with van der Waals surface area (Å²) in [6.45, 7) is 11.2. The van der Waals surface area contributed by atoms with E-state index in [1.54, 1.807) is 0 Å². The van der Waals surface area contributed by atoms with E-state index in [-0.39, 0.29) is 11.2 Å². The van der Waals surface area contributed by atoms with Crippen molar-refractivity contribution in [3.05, 3.63) is 25.3 Å². The molecule has 0 N–H and O–H groups in total. The lowest BCUT2D eigenvalue weighted by Gasteiger charge is -2.33. The number of hydrogen-bond acceptors (Lipinski definition) is 3. The van der Waals surface area contributed by atoms with Crippen LogP contribution in [0.15, 0.2) is 25.3 Å². The van der Waals surface area contributed by atoms with Crippen LogP contribution >= 0.6 is 0 Å². The third kappa shape index (κ3) is 3.74. The van der Waals surface area contributed by atoms with Crippen LogP contribution in [-0.4, -0.2) is 37.6 Å². The molecule has 4 rings (SSSR count). The first kappa shape index (κ1) is 17.8. The molecule has 140 valence electrons. The summed E-state index contributed by atoms with van der Waals surface area (Å²) in [4.78, 5) is 0. The Morgan fingerprint density at radius 2 is 1.08 bits per heavy atom. The second kappa shape index (κ2) is 7.17. The first-order valence-corrected chi connectivity index (χ1v) is 10.3. The third-order valence-corrected chi connectivity index (χ3v) is 7.42. The van der Waals surface area contributed by atoms with Gasteiger partial charge in [0.1, 0.15) is 11.2 Å². The molecule has 0 bridgehead atoms. The van der Waals surface area contributed by atoms with Crippen LogP contribution in [-0.2, 0) is 14.2 Å². The molecule has 2 heterocycles. The van der Waals surface area contributed by atoms with Crippen LogP contribution in [0.5, 0.6) is 0 Å². The summed E-state index contributed by atoms with van der Waals surface area (Å²) in [5.41, 5.74) is 0.0332. The van der Waals surface area contributed by atoms with Crippen molar-refractivity contribution < 1.29 is 14.2 Å². The predicted molar refractivity (Wildman–Crippen MR) is 99.5 cm³/mol. The molecule has 0 spiro atoms. The fourth-order valence-corrected chi connectivity index (χ4v) is 5.22. The minimum Gasteiger partial charge on any atom is -0.375 e. The molecule has 4 aliphatic rings. The van der Waals surface area contributed by atoms with Gasteiger partial charge in [0.25, 0.3) is 0 Å². The van der Waals surface area contributed by atoms with E-state index in [2.05, 4.69) is 25.3 Å². The normalized spacial score (nSPS) is 46.4. The Kier molecular flexibility index (Phi) is 5.09. The Bertz CT molecular complexity index is 432. The standard InChI is InChI=1S/C22H34O3/c1-3-17-5-9-19(10-6-17)21(15-24-21)13-23-14-22(16-25-22)20-11-7-18(4-2)8-12-20/h3-4,17-20H,1-2,5-16H2. The van der Waals surface area contributed by atoms with Crippen molar-refractivity contribution in [2.75, 3.05) is 26.4 Å². The summed E-state index contributed by atoms with van der Waals surface area (Å²) < 4.78 is 18.0. The zero-order valence-corrected chi connectivity index (χ0v) is 15.6. The van der Waals surface area contributed by atoms with E-state index in [0.717, 1.165) is 26.4 Å². The molecule has 0 aromatic heterocycles. The first-order chi connectivity index (χ1) is 12.2. The third-order valence-electron chi connectivity index (χ3n) is 7.42. The van der Waals surface area contributed by atoms with E-state index in [1.807, 2.05) is 0 Å². The molecule has 2 aliphatic carbocycles. The number of epoxide rings is 2. The van der Waals surface area contributed by atoms with E-state index in [4.69, 9.17) is 14.2 Å². The molecule has 0 amide bonds. The SMILES string of the molecule is C=CC1CCC(C2(COCC3(C4CCC(C=C)CC4)CO3)CO2)CC1. The van der Waals surface area contributed by atoms with Gasteiger partial charge < -0.3 is 14.2 Å². The van der Waals surface area contributed by atoms with Gasteiger partial charge in [0.15, 0.2) is 0 Å². The maximum atomic E-state index is 6.21. The van der Waals surface area contributed by atoms with E-state index in [0.29, 0.717) is 23.7 Å². The lowest BCUT2D eigenvalue weighted by Crippen LogP contribution is -2.37. The van der Waals surface area contributed by atoms with E-state index in [1.165, 1.54) is 51.4 Å². The smallest absolute Gasteiger partial charge is 0.118 e. The lowest BCUT2D eigenvalue weighted by molar-refractivity contribution is -0.00375. The highest BCUT2D eigenvalue weighted by atomic mass is 16.6. The van der Waals surface area contributed by atoms with Crippen LogP contribution in [0.1, 0.15) is 51.4 Å². The summed E-state index contributed by atoms with van der Waals surface area (Å²) in [6, 6.07) is 0. The molecular formula is C22H34O3. The molecule has 2 unspecified atom stereocenters. The quantitative estimate of drug-likeness (QED) is 0.478. The average molecular weight is 347 g/mol. The Hall–Kier alpha value is -0.640. The van der Waals surface area contributed by atoms with Crippen LogP contribution < -0.4 is 0 Å². The zero-order valence-electron chi connectivity index (χ0n) is 15.6. The summed E-state index contributed by atoms with van der Waals surface area (Å²) in [7, 11) is 0. The number of hydrogen-bond donors (Lipinski definition) is 0. The molecule has 2 aliphatic heterocycles. The zero-order chi connectivity index (χ0) is 17.3. The highest BCUT2D eigenvalue weighted by molar-refractivity contribution is 5.04. The topological polar surface area (TPSA) is 34.3 Å². The highest BCUT2D eigenvalue weighted by Gasteiger charge is 2.55. The molecular weight excluding hydrogens is 312 g/mol. The van der Waals surface area contributed by atoms with Gasteiger partial charge in [0.05, 0.1) is 26.4 Å². The average Bonchev–Trinajstić information content (AvgIpc) is 3.59. The fraction of sp³-hybridized carbons (Fsp3) is 0.818. The Morgan fingerprint density at radius 1 is 0.720 bits per heavy atom. The van der Waals surface area contributed by atoms with Gasteiger partial charge in [-0.2, -0.15) is 0 Å². The van der Waals surface area contributed by atoms with Crippen LogP contribution in [0, 0.1) is 23.7 Å². The molecule has 0 aromatic rings. The minimum absolute atomic E-state index is 0.0166. The highest BCUT2D eigenvalue weighted by Crippen LogP contribution is 2.47. The van der Waals surface area contributed by atoms with E-state index < -0.39 is 0 Å². The number of ether oxygens (including phenoxy) is 3.